The highest BCUT2D eigenvalue weighted by Gasteiger charge is 2.17. The minimum absolute atomic E-state index is 0. The van der Waals surface area contributed by atoms with Crippen molar-refractivity contribution in [1.29, 1.82) is 0 Å². The van der Waals surface area contributed by atoms with Crippen LogP contribution in [0.15, 0.2) is 24.3 Å². The van der Waals surface area contributed by atoms with Gasteiger partial charge in [-0.15, -0.1) is 12.4 Å². The fraction of sp³-hybridized carbons (Fsp3) is 0.417. The Kier molecular flexibility index (Phi) is 6.77. The SMILES string of the molecule is COC(=O)C(CN)Cc1cccc(C)c1.Cl. The van der Waals surface area contributed by atoms with Crippen LogP contribution in [0.3, 0.4) is 0 Å². The summed E-state index contributed by atoms with van der Waals surface area (Å²) in [6.45, 7) is 2.35. The molecule has 0 amide bonds. The monoisotopic (exact) mass is 243 g/mol. The molecule has 0 saturated carbocycles. The molecule has 4 heteroatoms. The molecule has 2 N–H and O–H groups in total. The van der Waals surface area contributed by atoms with Crippen LogP contribution in [-0.2, 0) is 16.0 Å². The first-order chi connectivity index (χ1) is 7.17. The van der Waals surface area contributed by atoms with Gasteiger partial charge in [-0.2, -0.15) is 0 Å². The number of hydrogen-bond donors (Lipinski definition) is 1. The molecule has 0 heterocycles. The molecule has 0 aromatic heterocycles. The molecule has 0 radical (unpaired) electrons. The number of aryl methyl sites for hydroxylation is 1. The van der Waals surface area contributed by atoms with Crippen LogP contribution < -0.4 is 5.73 Å². The van der Waals surface area contributed by atoms with Crippen molar-refractivity contribution in [2.75, 3.05) is 13.7 Å². The molecule has 1 aromatic carbocycles. The number of carbonyl (C=O) groups excluding carboxylic acids is 1. The highest BCUT2D eigenvalue weighted by Crippen LogP contribution is 2.11. The van der Waals surface area contributed by atoms with Gasteiger partial charge in [-0.25, -0.2) is 0 Å². The van der Waals surface area contributed by atoms with Crippen LogP contribution in [0.1, 0.15) is 11.1 Å². The summed E-state index contributed by atoms with van der Waals surface area (Å²) in [5.41, 5.74) is 7.84. The van der Waals surface area contributed by atoms with Gasteiger partial charge in [-0.05, 0) is 18.9 Å². The molecular weight excluding hydrogens is 226 g/mol. The largest absolute Gasteiger partial charge is 0.469 e. The molecule has 1 unspecified atom stereocenters. The zero-order valence-electron chi connectivity index (χ0n) is 9.60. The van der Waals surface area contributed by atoms with Crippen LogP contribution >= 0.6 is 12.4 Å². The lowest BCUT2D eigenvalue weighted by molar-refractivity contribution is -0.145. The van der Waals surface area contributed by atoms with Gasteiger partial charge in [0.25, 0.3) is 0 Å². The summed E-state index contributed by atoms with van der Waals surface area (Å²) in [4.78, 5) is 11.3. The number of hydrogen-bond acceptors (Lipinski definition) is 3. The number of ether oxygens (including phenoxy) is 1. The standard InChI is InChI=1S/C12H17NO2.ClH/c1-9-4-3-5-10(6-9)7-11(8-13)12(14)15-2;/h3-6,11H,7-8,13H2,1-2H3;1H. The molecule has 1 aromatic rings. The Balaban J connectivity index is 0.00000225. The van der Waals surface area contributed by atoms with E-state index in [1.165, 1.54) is 12.7 Å². The van der Waals surface area contributed by atoms with E-state index in [0.29, 0.717) is 13.0 Å². The molecule has 0 spiro atoms. The van der Waals surface area contributed by atoms with Crippen molar-refractivity contribution in [3.8, 4) is 0 Å². The van der Waals surface area contributed by atoms with E-state index in [9.17, 15) is 4.79 Å². The number of esters is 1. The lowest BCUT2D eigenvalue weighted by atomic mass is 9.98. The third-order valence-corrected chi connectivity index (χ3v) is 2.38. The van der Waals surface area contributed by atoms with Crippen molar-refractivity contribution in [2.24, 2.45) is 11.7 Å². The molecule has 0 bridgehead atoms. The summed E-state index contributed by atoms with van der Waals surface area (Å²) < 4.78 is 4.69. The van der Waals surface area contributed by atoms with Gasteiger partial charge in [0.2, 0.25) is 0 Å². The second-order valence-corrected chi connectivity index (χ2v) is 3.65. The first-order valence-corrected chi connectivity index (χ1v) is 5.00. The predicted molar refractivity (Wildman–Crippen MR) is 66.7 cm³/mol. The smallest absolute Gasteiger partial charge is 0.310 e. The maximum atomic E-state index is 11.3. The lowest BCUT2D eigenvalue weighted by Crippen LogP contribution is -2.26. The average Bonchev–Trinajstić information content (AvgIpc) is 2.25. The van der Waals surface area contributed by atoms with Crippen molar-refractivity contribution >= 4 is 18.4 Å². The van der Waals surface area contributed by atoms with Crippen LogP contribution in [0.2, 0.25) is 0 Å². The van der Waals surface area contributed by atoms with E-state index in [2.05, 4.69) is 10.8 Å². The molecule has 90 valence electrons. The predicted octanol–water partition coefficient (Wildman–Crippen LogP) is 1.71. The van der Waals surface area contributed by atoms with E-state index in [1.54, 1.807) is 0 Å². The van der Waals surface area contributed by atoms with Gasteiger partial charge in [-0.1, -0.05) is 29.8 Å². The van der Waals surface area contributed by atoms with Crippen molar-refractivity contribution in [3.05, 3.63) is 35.4 Å². The Morgan fingerprint density at radius 3 is 2.69 bits per heavy atom. The number of nitrogens with two attached hydrogens (primary N) is 1. The maximum Gasteiger partial charge on any atom is 0.310 e. The molecule has 3 nitrogen and oxygen atoms in total. The van der Waals surface area contributed by atoms with Crippen LogP contribution in [-0.4, -0.2) is 19.6 Å². The fourth-order valence-electron chi connectivity index (χ4n) is 1.55. The van der Waals surface area contributed by atoms with Crippen molar-refractivity contribution in [2.45, 2.75) is 13.3 Å². The summed E-state index contributed by atoms with van der Waals surface area (Å²) >= 11 is 0. The third kappa shape index (κ3) is 4.21. The number of halogens is 1. The number of benzene rings is 1. The quantitative estimate of drug-likeness (QED) is 0.820. The Hall–Kier alpha value is -1.06. The Bertz CT molecular complexity index is 342. The van der Waals surface area contributed by atoms with Crippen molar-refractivity contribution in [1.82, 2.24) is 0 Å². The van der Waals surface area contributed by atoms with Crippen molar-refractivity contribution < 1.29 is 9.53 Å². The molecule has 0 aliphatic carbocycles. The van der Waals surface area contributed by atoms with Gasteiger partial charge in [0.15, 0.2) is 0 Å². The Morgan fingerprint density at radius 1 is 1.50 bits per heavy atom. The first-order valence-electron chi connectivity index (χ1n) is 5.00. The topological polar surface area (TPSA) is 52.3 Å². The van der Waals surface area contributed by atoms with E-state index in [4.69, 9.17) is 5.73 Å². The Morgan fingerprint density at radius 2 is 2.19 bits per heavy atom. The van der Waals surface area contributed by atoms with Gasteiger partial charge in [-0.3, -0.25) is 4.79 Å². The molecule has 1 atom stereocenters. The van der Waals surface area contributed by atoms with Crippen LogP contribution in [0.25, 0.3) is 0 Å². The zero-order chi connectivity index (χ0) is 11.3. The number of rotatable bonds is 4. The number of methoxy groups -OCH3 is 1. The van der Waals surface area contributed by atoms with Crippen LogP contribution in [0.5, 0.6) is 0 Å². The molecule has 0 aliphatic heterocycles. The summed E-state index contributed by atoms with van der Waals surface area (Å²) in [5.74, 6) is -0.476. The van der Waals surface area contributed by atoms with Gasteiger partial charge in [0.05, 0.1) is 13.0 Å². The normalized spacial score (nSPS) is 11.4. The second kappa shape index (κ2) is 7.25. The summed E-state index contributed by atoms with van der Waals surface area (Å²) in [6, 6.07) is 8.07. The van der Waals surface area contributed by atoms with Gasteiger partial charge in [0.1, 0.15) is 0 Å². The zero-order valence-corrected chi connectivity index (χ0v) is 10.4. The van der Waals surface area contributed by atoms with E-state index in [-0.39, 0.29) is 24.3 Å². The average molecular weight is 244 g/mol. The summed E-state index contributed by atoms with van der Waals surface area (Å²) in [6.07, 6.45) is 0.644. The maximum absolute atomic E-state index is 11.3. The van der Waals surface area contributed by atoms with Crippen LogP contribution in [0, 0.1) is 12.8 Å². The minimum Gasteiger partial charge on any atom is -0.469 e. The molecule has 16 heavy (non-hydrogen) atoms. The Labute approximate surface area is 102 Å². The van der Waals surface area contributed by atoms with Crippen LogP contribution in [0.4, 0.5) is 0 Å². The van der Waals surface area contributed by atoms with Crippen molar-refractivity contribution in [3.63, 3.8) is 0 Å². The first kappa shape index (κ1) is 14.9. The fourth-order valence-corrected chi connectivity index (χ4v) is 1.55. The van der Waals surface area contributed by atoms with E-state index < -0.39 is 0 Å². The highest BCUT2D eigenvalue weighted by atomic mass is 35.5. The van der Waals surface area contributed by atoms with Gasteiger partial charge < -0.3 is 10.5 Å². The number of carbonyl (C=O) groups is 1. The molecular formula is C12H18ClNO2. The van der Waals surface area contributed by atoms with E-state index >= 15 is 0 Å². The lowest BCUT2D eigenvalue weighted by Gasteiger charge is -2.12. The van der Waals surface area contributed by atoms with E-state index in [1.807, 2.05) is 25.1 Å². The second-order valence-electron chi connectivity index (χ2n) is 3.65. The highest BCUT2D eigenvalue weighted by molar-refractivity contribution is 5.85. The van der Waals surface area contributed by atoms with Gasteiger partial charge in [0, 0.05) is 6.54 Å². The summed E-state index contributed by atoms with van der Waals surface area (Å²) in [7, 11) is 1.39. The summed E-state index contributed by atoms with van der Waals surface area (Å²) in [5, 5.41) is 0. The molecule has 1 rings (SSSR count). The molecule has 0 saturated heterocycles. The molecule has 0 fully saturated rings. The van der Waals surface area contributed by atoms with E-state index in [0.717, 1.165) is 5.56 Å². The minimum atomic E-state index is -0.239. The third-order valence-electron chi connectivity index (χ3n) is 2.38. The molecule has 0 aliphatic rings. The van der Waals surface area contributed by atoms with Gasteiger partial charge >= 0.3 is 5.97 Å².